The summed E-state index contributed by atoms with van der Waals surface area (Å²) in [6.45, 7) is 0.282. The molecule has 0 aliphatic heterocycles. The van der Waals surface area contributed by atoms with Crippen LogP contribution in [0.25, 0.3) is 0 Å². The van der Waals surface area contributed by atoms with Crippen LogP contribution in [-0.4, -0.2) is 19.7 Å². The zero-order valence-corrected chi connectivity index (χ0v) is 14.1. The fourth-order valence-corrected chi connectivity index (χ4v) is 2.24. The Balaban J connectivity index is 2.00. The van der Waals surface area contributed by atoms with Crippen LogP contribution in [0, 0.1) is 0 Å². The molecular weight excluding hydrogens is 343 g/mol. The second-order valence-corrected chi connectivity index (χ2v) is 5.71. The van der Waals surface area contributed by atoms with Crippen LogP contribution in [-0.2, 0) is 0 Å². The molecule has 0 unspecified atom stereocenters. The van der Waals surface area contributed by atoms with E-state index in [1.807, 2.05) is 31.3 Å². The molecule has 0 aliphatic carbocycles. The first-order valence-electron chi connectivity index (χ1n) is 6.46. The Bertz CT molecular complexity index is 671. The number of nitrogens with zero attached hydrogens (tertiary/aromatic N) is 2. The standard InChI is InChI=1S/C15H15Cl3N4/c1-22(11-7-5-10(16)6-8-11)15(19)21-9-20-13-4-2-3-12(17)14(13)18/h2-8,20H,9H2,1H3,(H2,19,21). The molecule has 3 N–H and O–H groups in total. The minimum Gasteiger partial charge on any atom is -0.369 e. The van der Waals surface area contributed by atoms with Gasteiger partial charge in [0.05, 0.1) is 15.7 Å². The van der Waals surface area contributed by atoms with Crippen molar-refractivity contribution in [3.8, 4) is 0 Å². The van der Waals surface area contributed by atoms with Gasteiger partial charge in [-0.1, -0.05) is 40.9 Å². The highest BCUT2D eigenvalue weighted by molar-refractivity contribution is 6.43. The topological polar surface area (TPSA) is 53.6 Å². The zero-order valence-electron chi connectivity index (χ0n) is 11.9. The number of rotatable bonds is 4. The van der Waals surface area contributed by atoms with Crippen molar-refractivity contribution in [2.45, 2.75) is 0 Å². The highest BCUT2D eigenvalue weighted by atomic mass is 35.5. The second kappa shape index (κ2) is 7.58. The number of nitrogens with two attached hydrogens (primary N) is 1. The molecule has 0 saturated heterocycles. The maximum atomic E-state index is 6.08. The molecule has 2 rings (SSSR count). The fraction of sp³-hybridized carbons (Fsp3) is 0.133. The lowest BCUT2D eigenvalue weighted by Gasteiger charge is -2.18. The molecule has 4 nitrogen and oxygen atoms in total. The number of benzene rings is 2. The van der Waals surface area contributed by atoms with Crippen LogP contribution >= 0.6 is 34.8 Å². The molecule has 2 aromatic carbocycles. The number of halogens is 3. The number of hydrogen-bond donors (Lipinski definition) is 2. The smallest absolute Gasteiger partial charge is 0.197 e. The Hall–Kier alpha value is -1.62. The first-order chi connectivity index (χ1) is 10.5. The van der Waals surface area contributed by atoms with E-state index in [1.54, 1.807) is 23.1 Å². The van der Waals surface area contributed by atoms with E-state index < -0.39 is 0 Å². The molecule has 116 valence electrons. The monoisotopic (exact) mass is 356 g/mol. The van der Waals surface area contributed by atoms with Gasteiger partial charge in [-0.2, -0.15) is 0 Å². The average molecular weight is 358 g/mol. The Morgan fingerprint density at radius 2 is 1.82 bits per heavy atom. The number of hydrogen-bond acceptors (Lipinski definition) is 2. The van der Waals surface area contributed by atoms with Gasteiger partial charge >= 0.3 is 0 Å². The molecule has 0 aromatic heterocycles. The van der Waals surface area contributed by atoms with Crippen molar-refractivity contribution < 1.29 is 0 Å². The van der Waals surface area contributed by atoms with E-state index in [-0.39, 0.29) is 6.67 Å². The van der Waals surface area contributed by atoms with Crippen molar-refractivity contribution in [1.29, 1.82) is 0 Å². The van der Waals surface area contributed by atoms with Gasteiger partial charge in [0.25, 0.3) is 0 Å². The molecule has 0 bridgehead atoms. The first-order valence-corrected chi connectivity index (χ1v) is 7.59. The van der Waals surface area contributed by atoms with Gasteiger partial charge in [-0.3, -0.25) is 0 Å². The summed E-state index contributed by atoms with van der Waals surface area (Å²) < 4.78 is 0. The van der Waals surface area contributed by atoms with E-state index >= 15 is 0 Å². The normalized spacial score (nSPS) is 11.4. The van der Waals surface area contributed by atoms with E-state index in [0.717, 1.165) is 5.69 Å². The largest absolute Gasteiger partial charge is 0.369 e. The summed E-state index contributed by atoms with van der Waals surface area (Å²) in [6, 6.07) is 12.7. The number of guanidine groups is 1. The zero-order chi connectivity index (χ0) is 16.1. The lowest BCUT2D eigenvalue weighted by molar-refractivity contribution is 1.09. The van der Waals surface area contributed by atoms with Gasteiger partial charge in [0.15, 0.2) is 5.96 Å². The molecule has 0 aliphatic rings. The molecule has 0 heterocycles. The van der Waals surface area contributed by atoms with E-state index in [1.165, 1.54) is 0 Å². The van der Waals surface area contributed by atoms with Crippen molar-refractivity contribution in [1.82, 2.24) is 0 Å². The van der Waals surface area contributed by atoms with Crippen molar-refractivity contribution in [3.63, 3.8) is 0 Å². The maximum absolute atomic E-state index is 6.08. The summed E-state index contributed by atoms with van der Waals surface area (Å²) in [5, 5.41) is 4.69. The van der Waals surface area contributed by atoms with Crippen LogP contribution in [0.15, 0.2) is 47.5 Å². The summed E-state index contributed by atoms with van der Waals surface area (Å²) in [7, 11) is 1.83. The second-order valence-electron chi connectivity index (χ2n) is 4.49. The summed E-state index contributed by atoms with van der Waals surface area (Å²) in [5.74, 6) is 0.368. The van der Waals surface area contributed by atoms with Gasteiger partial charge < -0.3 is 16.0 Å². The predicted octanol–water partition coefficient (Wildman–Crippen LogP) is 4.47. The minimum absolute atomic E-state index is 0.282. The Morgan fingerprint density at radius 1 is 1.14 bits per heavy atom. The van der Waals surface area contributed by atoms with E-state index in [0.29, 0.717) is 26.7 Å². The Kier molecular flexibility index (Phi) is 5.77. The third-order valence-corrected chi connectivity index (χ3v) is 4.09. The highest BCUT2D eigenvalue weighted by Crippen LogP contribution is 2.29. The summed E-state index contributed by atoms with van der Waals surface area (Å²) in [4.78, 5) is 6.02. The van der Waals surface area contributed by atoms with Gasteiger partial charge in [0.2, 0.25) is 0 Å². The SMILES string of the molecule is CN(C(N)=NCNc1cccc(Cl)c1Cl)c1ccc(Cl)cc1. The van der Waals surface area contributed by atoms with Crippen molar-refractivity contribution in [2.75, 3.05) is 23.9 Å². The molecule has 0 fully saturated rings. The van der Waals surface area contributed by atoms with Crippen LogP contribution in [0.3, 0.4) is 0 Å². The first kappa shape index (κ1) is 16.7. The fourth-order valence-electron chi connectivity index (χ4n) is 1.75. The van der Waals surface area contributed by atoms with E-state index in [9.17, 15) is 0 Å². The number of nitrogens with one attached hydrogen (secondary N) is 1. The molecule has 0 atom stereocenters. The maximum Gasteiger partial charge on any atom is 0.197 e. The molecule has 0 amide bonds. The lowest BCUT2D eigenvalue weighted by Crippen LogP contribution is -2.34. The Morgan fingerprint density at radius 3 is 2.50 bits per heavy atom. The summed E-state index contributed by atoms with van der Waals surface area (Å²) in [5.41, 5.74) is 7.57. The summed E-state index contributed by atoms with van der Waals surface area (Å²) in [6.07, 6.45) is 0. The van der Waals surface area contributed by atoms with Gasteiger partial charge in [-0.05, 0) is 36.4 Å². The number of anilines is 2. The average Bonchev–Trinajstić information content (AvgIpc) is 2.51. The molecule has 7 heteroatoms. The van der Waals surface area contributed by atoms with Crippen molar-refractivity contribution in [3.05, 3.63) is 57.5 Å². The van der Waals surface area contributed by atoms with Gasteiger partial charge in [-0.25, -0.2) is 4.99 Å². The molecule has 0 radical (unpaired) electrons. The Labute approximate surface area is 144 Å². The van der Waals surface area contributed by atoms with E-state index in [2.05, 4.69) is 10.3 Å². The lowest BCUT2D eigenvalue weighted by atomic mass is 10.3. The van der Waals surface area contributed by atoms with Crippen molar-refractivity contribution in [2.24, 2.45) is 10.7 Å². The van der Waals surface area contributed by atoms with Gasteiger partial charge in [-0.15, -0.1) is 0 Å². The molecule has 22 heavy (non-hydrogen) atoms. The van der Waals surface area contributed by atoms with Crippen LogP contribution in [0.5, 0.6) is 0 Å². The minimum atomic E-state index is 0.282. The third kappa shape index (κ3) is 4.19. The number of aliphatic imine (C=N–C) groups is 1. The molecule has 2 aromatic rings. The van der Waals surface area contributed by atoms with Gasteiger partial charge in [0, 0.05) is 17.8 Å². The summed E-state index contributed by atoms with van der Waals surface area (Å²) >= 11 is 17.9. The molecular formula is C15H15Cl3N4. The highest BCUT2D eigenvalue weighted by Gasteiger charge is 2.06. The van der Waals surface area contributed by atoms with Crippen molar-refractivity contribution >= 4 is 52.1 Å². The van der Waals surface area contributed by atoms with Crippen LogP contribution in [0.1, 0.15) is 0 Å². The van der Waals surface area contributed by atoms with Crippen LogP contribution in [0.2, 0.25) is 15.1 Å². The van der Waals surface area contributed by atoms with Crippen LogP contribution < -0.4 is 16.0 Å². The molecule has 0 saturated carbocycles. The van der Waals surface area contributed by atoms with E-state index in [4.69, 9.17) is 40.5 Å². The van der Waals surface area contributed by atoms with Gasteiger partial charge in [0.1, 0.15) is 6.67 Å². The predicted molar refractivity (Wildman–Crippen MR) is 96.4 cm³/mol. The van der Waals surface area contributed by atoms with Crippen LogP contribution in [0.4, 0.5) is 11.4 Å². The quantitative estimate of drug-likeness (QED) is 0.627. The third-order valence-electron chi connectivity index (χ3n) is 3.02. The molecule has 0 spiro atoms.